The molecule has 0 radical (unpaired) electrons. The molecule has 0 unspecified atom stereocenters. The number of carbonyl (C=O) groups is 2. The highest BCUT2D eigenvalue weighted by molar-refractivity contribution is 5.96. The highest BCUT2D eigenvalue weighted by Gasteiger charge is 2.43. The van der Waals surface area contributed by atoms with Gasteiger partial charge in [-0.3, -0.25) is 14.3 Å². The molecular formula is C17H24N6O3. The number of likely N-dealkylation sites (tertiary alicyclic amines) is 1. The minimum Gasteiger partial charge on any atom is -0.384 e. The van der Waals surface area contributed by atoms with Gasteiger partial charge in [0.2, 0.25) is 5.91 Å². The van der Waals surface area contributed by atoms with Crippen LogP contribution in [0.4, 0.5) is 5.82 Å². The molecule has 9 heteroatoms. The summed E-state index contributed by atoms with van der Waals surface area (Å²) in [6, 6.07) is 1.75. The highest BCUT2D eigenvalue weighted by atomic mass is 16.5. The molecule has 0 saturated carbocycles. The van der Waals surface area contributed by atoms with Crippen LogP contribution < -0.4 is 5.32 Å². The lowest BCUT2D eigenvalue weighted by molar-refractivity contribution is -0.138. The second-order valence-electron chi connectivity index (χ2n) is 6.45. The van der Waals surface area contributed by atoms with Crippen LogP contribution in [0.1, 0.15) is 19.3 Å². The Balaban J connectivity index is 1.75. The Bertz CT molecular complexity index is 746. The van der Waals surface area contributed by atoms with Gasteiger partial charge in [-0.05, 0) is 12.8 Å². The lowest BCUT2D eigenvalue weighted by atomic mass is 9.86. The maximum Gasteiger partial charge on any atom is 0.251 e. The summed E-state index contributed by atoms with van der Waals surface area (Å²) < 4.78 is 8.45. The number of piperidine rings is 1. The Morgan fingerprint density at radius 2 is 2.08 bits per heavy atom. The SMILES string of the molecule is COCCC(=O)N1CCC(C(=O)Nc2ccn(C)n2)(n2ccnc2)CC1. The topological polar surface area (TPSA) is 94.3 Å². The molecular weight excluding hydrogens is 336 g/mol. The van der Waals surface area contributed by atoms with E-state index in [2.05, 4.69) is 15.4 Å². The summed E-state index contributed by atoms with van der Waals surface area (Å²) in [4.78, 5) is 31.2. The fourth-order valence-electron chi connectivity index (χ4n) is 3.30. The van der Waals surface area contributed by atoms with E-state index in [1.165, 1.54) is 0 Å². The molecule has 9 nitrogen and oxygen atoms in total. The predicted octanol–water partition coefficient (Wildman–Crippen LogP) is 0.609. The Morgan fingerprint density at radius 3 is 2.65 bits per heavy atom. The molecule has 1 aliphatic rings. The molecule has 2 aromatic heterocycles. The maximum absolute atomic E-state index is 13.1. The molecule has 0 spiro atoms. The Labute approximate surface area is 151 Å². The number of imidazole rings is 1. The van der Waals surface area contributed by atoms with Crippen molar-refractivity contribution >= 4 is 17.6 Å². The molecule has 2 amide bonds. The van der Waals surface area contributed by atoms with Gasteiger partial charge in [0.1, 0.15) is 5.54 Å². The van der Waals surface area contributed by atoms with Crippen molar-refractivity contribution in [2.45, 2.75) is 24.8 Å². The fraction of sp³-hybridized carbons (Fsp3) is 0.529. The first kappa shape index (κ1) is 18.1. The van der Waals surface area contributed by atoms with Gasteiger partial charge in [-0.2, -0.15) is 5.10 Å². The first-order valence-corrected chi connectivity index (χ1v) is 8.61. The molecule has 1 fully saturated rings. The number of methoxy groups -OCH3 is 1. The first-order chi connectivity index (χ1) is 12.5. The number of nitrogens with one attached hydrogen (secondary N) is 1. The van der Waals surface area contributed by atoms with Crippen molar-refractivity contribution in [3.63, 3.8) is 0 Å². The Morgan fingerprint density at radius 1 is 1.31 bits per heavy atom. The molecule has 1 N–H and O–H groups in total. The fourth-order valence-corrected chi connectivity index (χ4v) is 3.30. The summed E-state index contributed by atoms with van der Waals surface area (Å²) in [6.07, 6.45) is 8.26. The summed E-state index contributed by atoms with van der Waals surface area (Å²) in [5, 5.41) is 7.11. The Kier molecular flexibility index (Phi) is 5.36. The van der Waals surface area contributed by atoms with E-state index in [4.69, 9.17) is 4.74 Å². The molecule has 3 heterocycles. The molecule has 140 valence electrons. The van der Waals surface area contributed by atoms with Crippen molar-refractivity contribution in [3.05, 3.63) is 31.0 Å². The highest BCUT2D eigenvalue weighted by Crippen LogP contribution is 2.32. The molecule has 26 heavy (non-hydrogen) atoms. The van der Waals surface area contributed by atoms with Gasteiger partial charge >= 0.3 is 0 Å². The van der Waals surface area contributed by atoms with Crippen LogP contribution in [-0.2, 0) is 26.9 Å². The lowest BCUT2D eigenvalue weighted by Gasteiger charge is -2.41. The first-order valence-electron chi connectivity index (χ1n) is 8.61. The van der Waals surface area contributed by atoms with E-state index in [-0.39, 0.29) is 11.8 Å². The van der Waals surface area contributed by atoms with Crippen LogP contribution in [0.5, 0.6) is 0 Å². The van der Waals surface area contributed by atoms with Gasteiger partial charge in [0.05, 0.1) is 19.4 Å². The largest absolute Gasteiger partial charge is 0.384 e. The van der Waals surface area contributed by atoms with Crippen LogP contribution >= 0.6 is 0 Å². The summed E-state index contributed by atoms with van der Waals surface area (Å²) >= 11 is 0. The zero-order valence-electron chi connectivity index (χ0n) is 15.1. The minimum absolute atomic E-state index is 0.0521. The summed E-state index contributed by atoms with van der Waals surface area (Å²) in [5.41, 5.74) is -0.786. The van der Waals surface area contributed by atoms with Gasteiger partial charge in [0.15, 0.2) is 5.82 Å². The third-order valence-electron chi connectivity index (χ3n) is 4.84. The molecule has 3 rings (SSSR count). The third-order valence-corrected chi connectivity index (χ3v) is 4.84. The van der Waals surface area contributed by atoms with Crippen molar-refractivity contribution < 1.29 is 14.3 Å². The summed E-state index contributed by atoms with van der Waals surface area (Å²) in [6.45, 7) is 1.43. The number of carbonyl (C=O) groups excluding carboxylic acids is 2. The van der Waals surface area contributed by atoms with E-state index in [9.17, 15) is 9.59 Å². The van der Waals surface area contributed by atoms with E-state index in [1.54, 1.807) is 54.7 Å². The van der Waals surface area contributed by atoms with E-state index in [0.717, 1.165) is 0 Å². The smallest absolute Gasteiger partial charge is 0.251 e. The van der Waals surface area contributed by atoms with Gasteiger partial charge in [0.25, 0.3) is 5.91 Å². The van der Waals surface area contributed by atoms with Crippen LogP contribution in [0.2, 0.25) is 0 Å². The van der Waals surface area contributed by atoms with Crippen LogP contribution in [0.3, 0.4) is 0 Å². The predicted molar refractivity (Wildman–Crippen MR) is 94.3 cm³/mol. The van der Waals surface area contributed by atoms with Crippen LogP contribution in [-0.4, -0.2) is 62.9 Å². The molecule has 0 atom stereocenters. The number of rotatable bonds is 6. The van der Waals surface area contributed by atoms with Crippen molar-refractivity contribution in [1.82, 2.24) is 24.2 Å². The Hall–Kier alpha value is -2.68. The number of hydrogen-bond donors (Lipinski definition) is 1. The van der Waals surface area contributed by atoms with Crippen molar-refractivity contribution in [3.8, 4) is 0 Å². The lowest BCUT2D eigenvalue weighted by Crippen LogP contribution is -2.54. The van der Waals surface area contributed by atoms with Gasteiger partial charge in [-0.15, -0.1) is 0 Å². The number of aromatic nitrogens is 4. The van der Waals surface area contributed by atoms with E-state index < -0.39 is 5.54 Å². The number of anilines is 1. The summed E-state index contributed by atoms with van der Waals surface area (Å²) in [7, 11) is 3.38. The zero-order chi connectivity index (χ0) is 18.6. The van der Waals surface area contributed by atoms with Crippen LogP contribution in [0, 0.1) is 0 Å². The van der Waals surface area contributed by atoms with Crippen LogP contribution in [0.25, 0.3) is 0 Å². The van der Waals surface area contributed by atoms with Crippen molar-refractivity contribution in [2.75, 3.05) is 32.1 Å². The van der Waals surface area contributed by atoms with Crippen LogP contribution in [0.15, 0.2) is 31.0 Å². The average molecular weight is 360 g/mol. The minimum atomic E-state index is -0.786. The maximum atomic E-state index is 13.1. The number of amides is 2. The van der Waals surface area contributed by atoms with Gasteiger partial charge in [0, 0.05) is 51.9 Å². The van der Waals surface area contributed by atoms with Crippen molar-refractivity contribution in [1.29, 1.82) is 0 Å². The molecule has 2 aromatic rings. The quantitative estimate of drug-likeness (QED) is 0.814. The number of ether oxygens (including phenoxy) is 1. The van der Waals surface area contributed by atoms with Crippen molar-refractivity contribution in [2.24, 2.45) is 7.05 Å². The molecule has 0 aliphatic carbocycles. The molecule has 1 aliphatic heterocycles. The standard InChI is InChI=1S/C17H24N6O3/c1-21-8-3-14(20-21)19-16(25)17(23-11-7-18-13-23)5-9-22(10-6-17)15(24)4-12-26-2/h3,7-8,11,13H,4-6,9-10,12H2,1-2H3,(H,19,20,25). The van der Waals surface area contributed by atoms with E-state index >= 15 is 0 Å². The monoisotopic (exact) mass is 360 g/mol. The van der Waals surface area contributed by atoms with Gasteiger partial charge in [-0.1, -0.05) is 0 Å². The molecule has 0 aromatic carbocycles. The number of aryl methyl sites for hydroxylation is 1. The second kappa shape index (κ2) is 7.69. The van der Waals surface area contributed by atoms with Gasteiger partial charge < -0.3 is 19.5 Å². The van der Waals surface area contributed by atoms with Gasteiger partial charge in [-0.25, -0.2) is 4.98 Å². The van der Waals surface area contributed by atoms with E-state index in [0.29, 0.717) is 44.8 Å². The third kappa shape index (κ3) is 3.62. The molecule has 0 bridgehead atoms. The second-order valence-corrected chi connectivity index (χ2v) is 6.45. The molecule has 1 saturated heterocycles. The number of hydrogen-bond acceptors (Lipinski definition) is 5. The normalized spacial score (nSPS) is 16.5. The summed E-state index contributed by atoms with van der Waals surface area (Å²) in [5.74, 6) is 0.421. The zero-order valence-corrected chi connectivity index (χ0v) is 15.1. The van der Waals surface area contributed by atoms with E-state index in [1.807, 2.05) is 4.57 Å². The average Bonchev–Trinajstić information content (AvgIpc) is 3.32. The number of nitrogens with zero attached hydrogens (tertiary/aromatic N) is 5.